The number of piperidine rings is 1. The number of sulfonamides is 1. The van der Waals surface area contributed by atoms with Gasteiger partial charge in [0.25, 0.3) is 10.0 Å². The van der Waals surface area contributed by atoms with Crippen molar-refractivity contribution in [3.63, 3.8) is 0 Å². The molecular formula is C38H52N4O3S. The van der Waals surface area contributed by atoms with Gasteiger partial charge in [0.15, 0.2) is 0 Å². The van der Waals surface area contributed by atoms with Crippen molar-refractivity contribution in [1.29, 1.82) is 0 Å². The standard InChI is InChI=1S/C38H52N4O3S/c1-25(2)18-29-23-45-33-20-32(34-26(3)10-8-11-27(34)4)39-36(40-33)41-46(43,44)31-13-9-12-28(19-31)35(29)30-21-38(22-30)14-16-42(17-15-38)24-37(5,6)7/h8-13,19-20,25,29-30,35H,14-18,21-24H2,1-7H3,(H,39,40,41)/t29-,35?/m1/s1. The fraction of sp³-hybridized carbons (Fsp3) is 0.579. The van der Waals surface area contributed by atoms with Crippen LogP contribution in [0.4, 0.5) is 5.95 Å². The predicted molar refractivity (Wildman–Crippen MR) is 186 cm³/mol. The van der Waals surface area contributed by atoms with Crippen molar-refractivity contribution in [2.24, 2.45) is 28.6 Å². The summed E-state index contributed by atoms with van der Waals surface area (Å²) in [5.74, 6) is 1.81. The molecule has 2 aliphatic heterocycles. The van der Waals surface area contributed by atoms with Crippen molar-refractivity contribution < 1.29 is 13.2 Å². The number of benzene rings is 2. The molecule has 4 bridgehead atoms. The molecule has 0 radical (unpaired) electrons. The first-order valence-electron chi connectivity index (χ1n) is 17.1. The van der Waals surface area contributed by atoms with E-state index in [-0.39, 0.29) is 22.7 Å². The molecule has 3 heterocycles. The van der Waals surface area contributed by atoms with Crippen LogP contribution in [-0.4, -0.2) is 49.5 Å². The second kappa shape index (κ2) is 12.6. The molecule has 1 spiro atoms. The summed E-state index contributed by atoms with van der Waals surface area (Å²) in [5.41, 5.74) is 5.56. The molecule has 248 valence electrons. The average molecular weight is 645 g/mol. The van der Waals surface area contributed by atoms with Crippen molar-refractivity contribution in [3.05, 3.63) is 65.2 Å². The van der Waals surface area contributed by atoms with Crippen molar-refractivity contribution in [1.82, 2.24) is 14.9 Å². The minimum atomic E-state index is -3.93. The number of hydrogen-bond acceptors (Lipinski definition) is 6. The Balaban J connectivity index is 1.34. The molecule has 2 atom stereocenters. The number of likely N-dealkylation sites (tertiary alicyclic amines) is 1. The summed E-state index contributed by atoms with van der Waals surface area (Å²) in [6, 6.07) is 15.6. The summed E-state index contributed by atoms with van der Waals surface area (Å²) in [5, 5.41) is 0. The largest absolute Gasteiger partial charge is 0.477 e. The molecule has 1 N–H and O–H groups in total. The summed E-state index contributed by atoms with van der Waals surface area (Å²) in [6.45, 7) is 19.6. The Morgan fingerprint density at radius 3 is 2.33 bits per heavy atom. The van der Waals surface area contributed by atoms with Crippen molar-refractivity contribution in [2.45, 2.75) is 91.4 Å². The van der Waals surface area contributed by atoms with Crippen LogP contribution in [-0.2, 0) is 10.0 Å². The van der Waals surface area contributed by atoms with Gasteiger partial charge in [-0.05, 0) is 116 Å². The van der Waals surface area contributed by atoms with E-state index < -0.39 is 10.0 Å². The maximum absolute atomic E-state index is 13.8. The van der Waals surface area contributed by atoms with E-state index in [9.17, 15) is 8.42 Å². The first-order valence-corrected chi connectivity index (χ1v) is 18.6. The zero-order chi connectivity index (χ0) is 32.9. The van der Waals surface area contributed by atoms with Gasteiger partial charge in [-0.1, -0.05) is 65.0 Å². The number of aryl methyl sites for hydroxylation is 2. The number of nitrogens with zero attached hydrogens (tertiary/aromatic N) is 3. The van der Waals surface area contributed by atoms with Gasteiger partial charge in [-0.3, -0.25) is 0 Å². The van der Waals surface area contributed by atoms with E-state index in [2.05, 4.69) is 60.3 Å². The lowest BCUT2D eigenvalue weighted by Crippen LogP contribution is -2.50. The third-order valence-electron chi connectivity index (χ3n) is 10.5. The fourth-order valence-electron chi connectivity index (χ4n) is 8.58. The Morgan fingerprint density at radius 1 is 1.00 bits per heavy atom. The van der Waals surface area contributed by atoms with Gasteiger partial charge < -0.3 is 9.64 Å². The molecule has 0 amide bonds. The van der Waals surface area contributed by atoms with Crippen LogP contribution in [0, 0.1) is 42.4 Å². The van der Waals surface area contributed by atoms with Gasteiger partial charge in [0.05, 0.1) is 17.2 Å². The highest BCUT2D eigenvalue weighted by molar-refractivity contribution is 7.92. The van der Waals surface area contributed by atoms with Crippen LogP contribution in [0.5, 0.6) is 5.88 Å². The number of nitrogens with one attached hydrogen (secondary N) is 1. The Hall–Kier alpha value is -2.97. The normalized spacial score (nSPS) is 23.1. The van der Waals surface area contributed by atoms with Gasteiger partial charge in [-0.2, -0.15) is 4.98 Å². The molecule has 1 unspecified atom stereocenters. The molecule has 7 nitrogen and oxygen atoms in total. The zero-order valence-electron chi connectivity index (χ0n) is 28.8. The summed E-state index contributed by atoms with van der Waals surface area (Å²) >= 11 is 0. The van der Waals surface area contributed by atoms with Gasteiger partial charge in [0.2, 0.25) is 11.8 Å². The molecule has 6 rings (SSSR count). The zero-order valence-corrected chi connectivity index (χ0v) is 29.6. The van der Waals surface area contributed by atoms with Gasteiger partial charge in [-0.15, -0.1) is 0 Å². The van der Waals surface area contributed by atoms with Crippen molar-refractivity contribution in [3.8, 4) is 17.1 Å². The van der Waals surface area contributed by atoms with E-state index in [1.165, 1.54) is 38.8 Å². The summed E-state index contributed by atoms with van der Waals surface area (Å²) in [7, 11) is -3.93. The van der Waals surface area contributed by atoms with Crippen molar-refractivity contribution in [2.75, 3.05) is 31.0 Å². The highest BCUT2D eigenvalue weighted by atomic mass is 32.2. The third kappa shape index (κ3) is 7.13. The van der Waals surface area contributed by atoms with E-state index >= 15 is 0 Å². The van der Waals surface area contributed by atoms with Gasteiger partial charge in [0, 0.05) is 24.1 Å². The smallest absolute Gasteiger partial charge is 0.264 e. The molecular weight excluding hydrogens is 593 g/mol. The molecule has 1 saturated heterocycles. The lowest BCUT2D eigenvalue weighted by atomic mass is 9.52. The van der Waals surface area contributed by atoms with Gasteiger partial charge in [0.1, 0.15) is 0 Å². The Kier molecular flexibility index (Phi) is 9.00. The minimum Gasteiger partial charge on any atom is -0.477 e. The molecule has 8 heteroatoms. The molecule has 1 aliphatic carbocycles. The highest BCUT2D eigenvalue weighted by Crippen LogP contribution is 2.59. The Morgan fingerprint density at radius 2 is 1.67 bits per heavy atom. The predicted octanol–water partition coefficient (Wildman–Crippen LogP) is 8.24. The van der Waals surface area contributed by atoms with E-state index in [1.54, 1.807) is 6.07 Å². The average Bonchev–Trinajstić information content (AvgIpc) is 2.94. The van der Waals surface area contributed by atoms with E-state index in [0.717, 1.165) is 35.2 Å². The van der Waals surface area contributed by atoms with Gasteiger partial charge in [-0.25, -0.2) is 18.1 Å². The molecule has 46 heavy (non-hydrogen) atoms. The quantitative estimate of drug-likeness (QED) is 0.301. The van der Waals surface area contributed by atoms with Crippen molar-refractivity contribution >= 4 is 16.0 Å². The number of hydrogen-bond donors (Lipinski definition) is 1. The molecule has 3 aromatic rings. The molecule has 2 fully saturated rings. The van der Waals surface area contributed by atoms with Crippen LogP contribution >= 0.6 is 0 Å². The van der Waals surface area contributed by atoms with E-state index in [0.29, 0.717) is 40.8 Å². The molecule has 1 aromatic heterocycles. The minimum absolute atomic E-state index is 0.0248. The summed E-state index contributed by atoms with van der Waals surface area (Å²) < 4.78 is 36.9. The first kappa shape index (κ1) is 33.0. The SMILES string of the molecule is Cc1cccc(C)c1-c1cc2nc(n1)NS(=O)(=O)c1cccc(c1)C(C1CC3(CCN(CC(C)(C)C)CC3)C1)[C@H](CC(C)C)CO2. The maximum atomic E-state index is 13.8. The van der Waals surface area contributed by atoms with Crippen LogP contribution in [0.25, 0.3) is 11.3 Å². The van der Waals surface area contributed by atoms with Crippen LogP contribution in [0.15, 0.2) is 53.4 Å². The third-order valence-corrected chi connectivity index (χ3v) is 11.8. The monoisotopic (exact) mass is 644 g/mol. The second-order valence-corrected chi connectivity index (χ2v) is 17.8. The number of rotatable bonds is 5. The van der Waals surface area contributed by atoms with E-state index in [1.807, 2.05) is 50.2 Å². The van der Waals surface area contributed by atoms with Crippen LogP contribution < -0.4 is 9.46 Å². The molecule has 1 saturated carbocycles. The molecule has 3 aliphatic rings. The highest BCUT2D eigenvalue weighted by Gasteiger charge is 2.50. The summed E-state index contributed by atoms with van der Waals surface area (Å²) in [4.78, 5) is 12.2. The first-order chi connectivity index (χ1) is 21.7. The lowest BCUT2D eigenvalue weighted by Gasteiger charge is -2.56. The number of aromatic nitrogens is 2. The van der Waals surface area contributed by atoms with Gasteiger partial charge >= 0.3 is 0 Å². The van der Waals surface area contributed by atoms with Crippen LogP contribution in [0.3, 0.4) is 0 Å². The number of ether oxygens (including phenoxy) is 1. The Labute approximate surface area is 276 Å². The maximum Gasteiger partial charge on any atom is 0.264 e. The lowest BCUT2D eigenvalue weighted by molar-refractivity contribution is -0.0412. The second-order valence-electron chi connectivity index (χ2n) is 16.1. The van der Waals surface area contributed by atoms with Crippen LogP contribution in [0.1, 0.15) is 89.3 Å². The topological polar surface area (TPSA) is 84.4 Å². The number of anilines is 1. The molecule has 2 aromatic carbocycles. The van der Waals surface area contributed by atoms with E-state index in [4.69, 9.17) is 4.74 Å². The fourth-order valence-corrected chi connectivity index (χ4v) is 9.57. The Bertz CT molecular complexity index is 1640. The summed E-state index contributed by atoms with van der Waals surface area (Å²) in [6.07, 6.45) is 5.88. The number of fused-ring (bicyclic) bond motifs is 4. The van der Waals surface area contributed by atoms with Crippen LogP contribution in [0.2, 0.25) is 0 Å².